The van der Waals surface area contributed by atoms with Gasteiger partial charge in [-0.3, -0.25) is 0 Å². The minimum Gasteiger partial charge on any atom is -0.456 e. The van der Waals surface area contributed by atoms with E-state index in [4.69, 9.17) is 9.40 Å². The van der Waals surface area contributed by atoms with Gasteiger partial charge in [-0.1, -0.05) is 140 Å². The summed E-state index contributed by atoms with van der Waals surface area (Å²) < 4.78 is 11.2. The van der Waals surface area contributed by atoms with Gasteiger partial charge in [-0.2, -0.15) is 0 Å². The molecule has 0 amide bonds. The summed E-state index contributed by atoms with van der Waals surface area (Å²) in [5.74, 6) is 0. The van der Waals surface area contributed by atoms with Gasteiger partial charge in [0.05, 0.1) is 39.1 Å². The SMILES string of the molecule is c1ccc(-c2cccc(-n3c4ccccc4c4ccc5c6ccccc6n(-c6cc(-c7ccccc7)nc(-c7ccc8oc9ccccc9c8c7)c6)c5c43)c2)cc1. The van der Waals surface area contributed by atoms with E-state index in [0.717, 1.165) is 66.9 Å². The van der Waals surface area contributed by atoms with Gasteiger partial charge in [-0.15, -0.1) is 0 Å². The zero-order chi connectivity index (χ0) is 37.5. The molecule has 4 heteroatoms. The number of nitrogens with zero attached hydrogens (tertiary/aromatic N) is 3. The Balaban J connectivity index is 1.19. The molecule has 0 atom stereocenters. The molecule has 0 saturated heterocycles. The molecule has 0 aliphatic heterocycles. The minimum atomic E-state index is 0.869. The Morgan fingerprint density at radius 2 is 0.860 bits per heavy atom. The van der Waals surface area contributed by atoms with Crippen LogP contribution >= 0.6 is 0 Å². The molecular weight excluding hydrogens is 695 g/mol. The Kier molecular flexibility index (Phi) is 6.89. The van der Waals surface area contributed by atoms with E-state index in [0.29, 0.717) is 0 Å². The van der Waals surface area contributed by atoms with E-state index >= 15 is 0 Å². The fraction of sp³-hybridized carbons (Fsp3) is 0. The van der Waals surface area contributed by atoms with E-state index in [2.05, 4.69) is 197 Å². The first-order valence-corrected chi connectivity index (χ1v) is 19.4. The second-order valence-corrected chi connectivity index (χ2v) is 14.8. The van der Waals surface area contributed by atoms with Crippen molar-refractivity contribution >= 4 is 65.6 Å². The molecule has 0 bridgehead atoms. The lowest BCUT2D eigenvalue weighted by atomic mass is 10.0. The zero-order valence-electron chi connectivity index (χ0n) is 30.8. The molecule has 8 aromatic carbocycles. The van der Waals surface area contributed by atoms with Crippen molar-refractivity contribution in [2.45, 2.75) is 0 Å². The summed E-state index contributed by atoms with van der Waals surface area (Å²) in [5, 5.41) is 7.02. The number of aromatic nitrogens is 3. The molecular formula is C53H33N3O. The minimum absolute atomic E-state index is 0.869. The highest BCUT2D eigenvalue weighted by atomic mass is 16.3. The molecule has 0 aliphatic rings. The first-order valence-electron chi connectivity index (χ1n) is 19.4. The van der Waals surface area contributed by atoms with Crippen LogP contribution in [0.25, 0.3) is 111 Å². The third-order valence-electron chi connectivity index (χ3n) is 11.5. The van der Waals surface area contributed by atoms with Gasteiger partial charge < -0.3 is 13.6 Å². The van der Waals surface area contributed by atoms with Gasteiger partial charge in [0, 0.05) is 49.1 Å². The van der Waals surface area contributed by atoms with Gasteiger partial charge >= 0.3 is 0 Å². The van der Waals surface area contributed by atoms with Crippen LogP contribution in [0.15, 0.2) is 205 Å². The van der Waals surface area contributed by atoms with Crippen LogP contribution in [0.1, 0.15) is 0 Å². The maximum atomic E-state index is 6.23. The molecule has 12 aromatic rings. The van der Waals surface area contributed by atoms with E-state index in [-0.39, 0.29) is 0 Å². The Morgan fingerprint density at radius 1 is 0.316 bits per heavy atom. The normalized spacial score (nSPS) is 11.9. The Morgan fingerprint density at radius 3 is 1.56 bits per heavy atom. The summed E-state index contributed by atoms with van der Waals surface area (Å²) >= 11 is 0. The molecule has 4 heterocycles. The van der Waals surface area contributed by atoms with Crippen molar-refractivity contribution in [1.29, 1.82) is 0 Å². The standard InChI is InChI=1S/C53H33N3O/c1-3-14-34(15-4-1)36-18-13-19-38(30-36)55-48-23-10-7-20-40(48)43-27-28-44-41-21-8-11-24-49(41)56(53(44)52(43)55)39-32-46(35-16-5-2-6-17-35)54-47(33-39)37-26-29-51-45(31-37)42-22-9-12-25-50(42)57-51/h1-33H. The number of fused-ring (bicyclic) bond motifs is 10. The monoisotopic (exact) mass is 727 g/mol. The molecule has 12 rings (SSSR count). The quantitative estimate of drug-likeness (QED) is 0.177. The van der Waals surface area contributed by atoms with Gasteiger partial charge in [0.25, 0.3) is 0 Å². The molecule has 266 valence electrons. The number of benzene rings is 8. The van der Waals surface area contributed by atoms with Crippen molar-refractivity contribution in [2.75, 3.05) is 0 Å². The summed E-state index contributed by atoms with van der Waals surface area (Å²) in [6, 6.07) is 71.5. The van der Waals surface area contributed by atoms with Gasteiger partial charge in [0.2, 0.25) is 0 Å². The van der Waals surface area contributed by atoms with Crippen LogP contribution in [-0.2, 0) is 0 Å². The van der Waals surface area contributed by atoms with Gasteiger partial charge in [0.1, 0.15) is 11.2 Å². The summed E-state index contributed by atoms with van der Waals surface area (Å²) in [7, 11) is 0. The van der Waals surface area contributed by atoms with Gasteiger partial charge in [-0.25, -0.2) is 4.98 Å². The first kappa shape index (κ1) is 31.6. The third-order valence-corrected chi connectivity index (χ3v) is 11.5. The molecule has 0 unspecified atom stereocenters. The largest absolute Gasteiger partial charge is 0.456 e. The number of hydrogen-bond donors (Lipinski definition) is 0. The highest BCUT2D eigenvalue weighted by Gasteiger charge is 2.22. The molecule has 57 heavy (non-hydrogen) atoms. The zero-order valence-corrected chi connectivity index (χ0v) is 30.8. The first-order chi connectivity index (χ1) is 28.3. The predicted molar refractivity (Wildman–Crippen MR) is 237 cm³/mol. The van der Waals surface area contributed by atoms with Crippen LogP contribution in [-0.4, -0.2) is 14.1 Å². The second kappa shape index (κ2) is 12.4. The topological polar surface area (TPSA) is 35.9 Å². The van der Waals surface area contributed by atoms with E-state index in [9.17, 15) is 0 Å². The number of rotatable bonds is 5. The Labute approximate surface area is 328 Å². The number of pyridine rings is 1. The Hall–Kier alpha value is -7.69. The Bertz CT molecular complexity index is 3520. The maximum Gasteiger partial charge on any atom is 0.135 e. The maximum absolute atomic E-state index is 6.23. The summed E-state index contributed by atoms with van der Waals surface area (Å²) in [4.78, 5) is 5.37. The smallest absolute Gasteiger partial charge is 0.135 e. The second-order valence-electron chi connectivity index (χ2n) is 14.8. The van der Waals surface area contributed by atoms with E-state index in [1.165, 1.54) is 43.7 Å². The average molecular weight is 728 g/mol. The molecule has 4 aromatic heterocycles. The molecule has 0 saturated carbocycles. The van der Waals surface area contributed by atoms with Crippen molar-refractivity contribution in [1.82, 2.24) is 14.1 Å². The van der Waals surface area contributed by atoms with Crippen LogP contribution in [0.2, 0.25) is 0 Å². The fourth-order valence-electron chi connectivity index (χ4n) is 8.93. The highest BCUT2D eigenvalue weighted by Crippen LogP contribution is 2.43. The average Bonchev–Trinajstić information content (AvgIpc) is 3.94. The highest BCUT2D eigenvalue weighted by molar-refractivity contribution is 6.24. The summed E-state index contributed by atoms with van der Waals surface area (Å²) in [5.41, 5.74) is 14.8. The van der Waals surface area contributed by atoms with Crippen molar-refractivity contribution in [3.63, 3.8) is 0 Å². The van der Waals surface area contributed by atoms with Gasteiger partial charge in [0.15, 0.2) is 0 Å². The van der Waals surface area contributed by atoms with Crippen molar-refractivity contribution in [2.24, 2.45) is 0 Å². The molecule has 0 spiro atoms. The number of hydrogen-bond acceptors (Lipinski definition) is 2. The van der Waals surface area contributed by atoms with Crippen LogP contribution in [0.3, 0.4) is 0 Å². The van der Waals surface area contributed by atoms with Crippen molar-refractivity contribution in [3.8, 4) is 45.0 Å². The summed E-state index contributed by atoms with van der Waals surface area (Å²) in [6.07, 6.45) is 0. The molecule has 0 fully saturated rings. The van der Waals surface area contributed by atoms with E-state index < -0.39 is 0 Å². The fourth-order valence-corrected chi connectivity index (χ4v) is 8.93. The number of para-hydroxylation sites is 3. The molecule has 0 N–H and O–H groups in total. The van der Waals surface area contributed by atoms with Gasteiger partial charge in [-0.05, 0) is 71.8 Å². The molecule has 0 aliphatic carbocycles. The third kappa shape index (κ3) is 4.91. The molecule has 0 radical (unpaired) electrons. The van der Waals surface area contributed by atoms with E-state index in [1.807, 2.05) is 12.1 Å². The van der Waals surface area contributed by atoms with Crippen LogP contribution in [0.5, 0.6) is 0 Å². The van der Waals surface area contributed by atoms with Crippen LogP contribution in [0, 0.1) is 0 Å². The summed E-state index contributed by atoms with van der Waals surface area (Å²) in [6.45, 7) is 0. The lowest BCUT2D eigenvalue weighted by Gasteiger charge is -2.15. The lowest BCUT2D eigenvalue weighted by molar-refractivity contribution is 0.669. The lowest BCUT2D eigenvalue weighted by Crippen LogP contribution is -2.01. The van der Waals surface area contributed by atoms with E-state index in [1.54, 1.807) is 0 Å². The predicted octanol–water partition coefficient (Wildman–Crippen LogP) is 14.2. The molecule has 4 nitrogen and oxygen atoms in total. The van der Waals surface area contributed by atoms with Crippen LogP contribution in [0.4, 0.5) is 0 Å². The van der Waals surface area contributed by atoms with Crippen molar-refractivity contribution in [3.05, 3.63) is 200 Å². The van der Waals surface area contributed by atoms with Crippen molar-refractivity contribution < 1.29 is 4.42 Å². The number of furan rings is 1. The van der Waals surface area contributed by atoms with Crippen LogP contribution < -0.4 is 0 Å².